The van der Waals surface area contributed by atoms with E-state index in [4.69, 9.17) is 4.74 Å². The summed E-state index contributed by atoms with van der Waals surface area (Å²) < 4.78 is 7.87. The SMILES string of the molecule is CCCNC(c1cnnn1CCC)C(CC)OCC. The zero-order valence-corrected chi connectivity index (χ0v) is 12.7. The first-order valence-corrected chi connectivity index (χ1v) is 7.51. The third kappa shape index (κ3) is 4.58. The minimum Gasteiger partial charge on any atom is -0.376 e. The van der Waals surface area contributed by atoms with E-state index in [0.29, 0.717) is 0 Å². The maximum atomic E-state index is 5.88. The van der Waals surface area contributed by atoms with E-state index in [2.05, 4.69) is 36.4 Å². The number of nitrogens with one attached hydrogen (secondary N) is 1. The Morgan fingerprint density at radius 3 is 2.63 bits per heavy atom. The lowest BCUT2D eigenvalue weighted by Crippen LogP contribution is -2.35. The molecule has 0 aliphatic carbocycles. The van der Waals surface area contributed by atoms with Crippen LogP contribution in [0, 0.1) is 0 Å². The fourth-order valence-electron chi connectivity index (χ4n) is 2.28. The molecule has 2 unspecified atom stereocenters. The van der Waals surface area contributed by atoms with Gasteiger partial charge in [0.2, 0.25) is 0 Å². The molecule has 1 aromatic rings. The summed E-state index contributed by atoms with van der Waals surface area (Å²) in [7, 11) is 0. The van der Waals surface area contributed by atoms with Crippen LogP contribution in [-0.4, -0.2) is 34.2 Å². The molecule has 0 fully saturated rings. The van der Waals surface area contributed by atoms with Gasteiger partial charge >= 0.3 is 0 Å². The highest BCUT2D eigenvalue weighted by atomic mass is 16.5. The van der Waals surface area contributed by atoms with Gasteiger partial charge in [0.1, 0.15) is 0 Å². The van der Waals surface area contributed by atoms with Crippen molar-refractivity contribution >= 4 is 0 Å². The highest BCUT2D eigenvalue weighted by Gasteiger charge is 2.25. The standard InChI is InChI=1S/C14H28N4O/c1-5-9-15-14(13(7-3)19-8-4)12-11-16-17-18(12)10-6-2/h11,13-15H,5-10H2,1-4H3. The molecule has 0 spiro atoms. The van der Waals surface area contributed by atoms with Crippen molar-refractivity contribution in [3.8, 4) is 0 Å². The van der Waals surface area contributed by atoms with Gasteiger partial charge in [-0.3, -0.25) is 0 Å². The highest BCUT2D eigenvalue weighted by molar-refractivity contribution is 5.05. The van der Waals surface area contributed by atoms with Crippen LogP contribution >= 0.6 is 0 Å². The van der Waals surface area contributed by atoms with Gasteiger partial charge in [0.25, 0.3) is 0 Å². The number of ether oxygens (including phenoxy) is 1. The monoisotopic (exact) mass is 268 g/mol. The van der Waals surface area contributed by atoms with E-state index in [1.165, 1.54) is 0 Å². The summed E-state index contributed by atoms with van der Waals surface area (Å²) in [6, 6.07) is 0.173. The molecule has 0 saturated carbocycles. The average molecular weight is 268 g/mol. The van der Waals surface area contributed by atoms with Gasteiger partial charge in [-0.2, -0.15) is 0 Å². The first-order chi connectivity index (χ1) is 9.28. The quantitative estimate of drug-likeness (QED) is 0.708. The predicted octanol–water partition coefficient (Wildman–Crippen LogP) is 2.54. The third-order valence-corrected chi connectivity index (χ3v) is 3.17. The van der Waals surface area contributed by atoms with Gasteiger partial charge in [-0.15, -0.1) is 5.10 Å². The van der Waals surface area contributed by atoms with Gasteiger partial charge in [0, 0.05) is 13.2 Å². The summed E-state index contributed by atoms with van der Waals surface area (Å²) in [5, 5.41) is 11.8. The molecule has 1 heterocycles. The Morgan fingerprint density at radius 1 is 1.26 bits per heavy atom. The van der Waals surface area contributed by atoms with Crippen molar-refractivity contribution in [3.63, 3.8) is 0 Å². The van der Waals surface area contributed by atoms with Crippen LogP contribution < -0.4 is 5.32 Å². The first kappa shape index (κ1) is 16.1. The lowest BCUT2D eigenvalue weighted by molar-refractivity contribution is 0.0291. The van der Waals surface area contributed by atoms with Crippen molar-refractivity contribution in [1.82, 2.24) is 20.3 Å². The van der Waals surface area contributed by atoms with Crippen LogP contribution in [0.4, 0.5) is 0 Å². The number of nitrogens with zero attached hydrogens (tertiary/aromatic N) is 3. The number of aromatic nitrogens is 3. The lowest BCUT2D eigenvalue weighted by Gasteiger charge is -2.27. The van der Waals surface area contributed by atoms with E-state index < -0.39 is 0 Å². The van der Waals surface area contributed by atoms with Gasteiger partial charge in [-0.25, -0.2) is 4.68 Å². The summed E-state index contributed by atoms with van der Waals surface area (Å²) in [6.45, 7) is 11.1. The molecule has 19 heavy (non-hydrogen) atoms. The molecule has 1 rings (SSSR count). The number of hydrogen-bond donors (Lipinski definition) is 1. The van der Waals surface area contributed by atoms with E-state index in [0.717, 1.165) is 44.7 Å². The molecule has 1 aromatic heterocycles. The van der Waals surface area contributed by atoms with Crippen LogP contribution in [0.3, 0.4) is 0 Å². The van der Waals surface area contributed by atoms with Crippen molar-refractivity contribution in [2.24, 2.45) is 0 Å². The summed E-state index contributed by atoms with van der Waals surface area (Å²) in [4.78, 5) is 0. The van der Waals surface area contributed by atoms with Crippen LogP contribution in [0.1, 0.15) is 58.7 Å². The van der Waals surface area contributed by atoms with E-state index in [1.54, 1.807) is 0 Å². The minimum atomic E-state index is 0.172. The second-order valence-electron chi connectivity index (χ2n) is 4.72. The second-order valence-corrected chi connectivity index (χ2v) is 4.72. The molecular weight excluding hydrogens is 240 g/mol. The fraction of sp³-hybridized carbons (Fsp3) is 0.857. The molecule has 0 aliphatic heterocycles. The Morgan fingerprint density at radius 2 is 2.05 bits per heavy atom. The van der Waals surface area contributed by atoms with Crippen molar-refractivity contribution in [2.45, 2.75) is 65.6 Å². The molecule has 0 amide bonds. The fourth-order valence-corrected chi connectivity index (χ4v) is 2.28. The Labute approximate surface area is 116 Å². The van der Waals surface area contributed by atoms with Crippen molar-refractivity contribution in [2.75, 3.05) is 13.2 Å². The molecule has 0 saturated heterocycles. The lowest BCUT2D eigenvalue weighted by atomic mass is 10.0. The predicted molar refractivity (Wildman–Crippen MR) is 77.1 cm³/mol. The summed E-state index contributed by atoms with van der Waals surface area (Å²) >= 11 is 0. The minimum absolute atomic E-state index is 0.172. The first-order valence-electron chi connectivity index (χ1n) is 7.51. The van der Waals surface area contributed by atoms with Gasteiger partial charge in [-0.05, 0) is 32.7 Å². The van der Waals surface area contributed by atoms with Gasteiger partial charge in [0.05, 0.1) is 24.0 Å². The highest BCUT2D eigenvalue weighted by Crippen LogP contribution is 2.21. The van der Waals surface area contributed by atoms with Crippen LogP contribution in [0.15, 0.2) is 6.20 Å². The summed E-state index contributed by atoms with van der Waals surface area (Å²) in [6.07, 6.45) is 5.18. The zero-order chi connectivity index (χ0) is 14.1. The van der Waals surface area contributed by atoms with Gasteiger partial charge in [-0.1, -0.05) is 26.0 Å². The third-order valence-electron chi connectivity index (χ3n) is 3.17. The summed E-state index contributed by atoms with van der Waals surface area (Å²) in [5.41, 5.74) is 1.13. The van der Waals surface area contributed by atoms with Crippen LogP contribution in [0.5, 0.6) is 0 Å². The Hall–Kier alpha value is -0.940. The van der Waals surface area contributed by atoms with Crippen molar-refractivity contribution in [3.05, 3.63) is 11.9 Å². The number of hydrogen-bond acceptors (Lipinski definition) is 4. The van der Waals surface area contributed by atoms with Crippen LogP contribution in [-0.2, 0) is 11.3 Å². The average Bonchev–Trinajstić information content (AvgIpc) is 2.86. The Balaban J connectivity index is 2.90. The molecule has 0 aromatic carbocycles. The molecule has 5 heteroatoms. The molecule has 1 N–H and O–H groups in total. The van der Waals surface area contributed by atoms with E-state index in [9.17, 15) is 0 Å². The van der Waals surface area contributed by atoms with Crippen molar-refractivity contribution in [1.29, 1.82) is 0 Å². The van der Waals surface area contributed by atoms with E-state index in [1.807, 2.05) is 17.8 Å². The maximum Gasteiger partial charge on any atom is 0.0783 e. The topological polar surface area (TPSA) is 52.0 Å². The molecule has 0 bridgehead atoms. The normalized spacial score (nSPS) is 14.5. The van der Waals surface area contributed by atoms with Crippen LogP contribution in [0.2, 0.25) is 0 Å². The Bertz CT molecular complexity index is 340. The van der Waals surface area contributed by atoms with E-state index >= 15 is 0 Å². The molecule has 110 valence electrons. The maximum absolute atomic E-state index is 5.88. The van der Waals surface area contributed by atoms with Crippen LogP contribution in [0.25, 0.3) is 0 Å². The molecule has 5 nitrogen and oxygen atoms in total. The number of rotatable bonds is 10. The van der Waals surface area contributed by atoms with Gasteiger partial charge in [0.15, 0.2) is 0 Å². The summed E-state index contributed by atoms with van der Waals surface area (Å²) in [5.74, 6) is 0. The molecule has 2 atom stereocenters. The molecule has 0 radical (unpaired) electrons. The largest absolute Gasteiger partial charge is 0.376 e. The molecular formula is C14H28N4O. The second kappa shape index (κ2) is 9.04. The molecule has 0 aliphatic rings. The van der Waals surface area contributed by atoms with Crippen molar-refractivity contribution < 1.29 is 4.74 Å². The van der Waals surface area contributed by atoms with E-state index in [-0.39, 0.29) is 12.1 Å². The Kier molecular flexibility index (Phi) is 7.67. The number of aryl methyl sites for hydroxylation is 1. The smallest absolute Gasteiger partial charge is 0.0783 e. The van der Waals surface area contributed by atoms with Gasteiger partial charge < -0.3 is 10.1 Å². The zero-order valence-electron chi connectivity index (χ0n) is 12.7.